The third kappa shape index (κ3) is 5.25. The number of rotatable bonds is 8. The first-order valence-electron chi connectivity index (χ1n) is 9.61. The molecule has 0 bridgehead atoms. The highest BCUT2D eigenvalue weighted by molar-refractivity contribution is 7.18. The van der Waals surface area contributed by atoms with Gasteiger partial charge in [0, 0.05) is 19.0 Å². The Bertz CT molecular complexity index is 651. The molecule has 0 radical (unpaired) electrons. The molecule has 1 aromatic heterocycles. The summed E-state index contributed by atoms with van der Waals surface area (Å²) < 4.78 is 1.26. The molecular formula is C20H29N3OS. The molecule has 1 N–H and O–H groups in total. The smallest absolute Gasteiger partial charge is 0.234 e. The van der Waals surface area contributed by atoms with E-state index in [-0.39, 0.29) is 5.91 Å². The summed E-state index contributed by atoms with van der Waals surface area (Å²) in [6.45, 7) is 5.51. The summed E-state index contributed by atoms with van der Waals surface area (Å²) in [5.41, 5.74) is 1.10. The van der Waals surface area contributed by atoms with Crippen LogP contribution in [0.1, 0.15) is 56.4 Å². The van der Waals surface area contributed by atoms with E-state index in [1.165, 1.54) is 35.4 Å². The quantitative estimate of drug-likeness (QED) is 0.720. The number of piperidine rings is 1. The molecule has 1 amide bonds. The van der Waals surface area contributed by atoms with Crippen LogP contribution in [0.4, 0.5) is 0 Å². The van der Waals surface area contributed by atoms with Gasteiger partial charge in [-0.25, -0.2) is 4.98 Å². The maximum absolute atomic E-state index is 12.2. The van der Waals surface area contributed by atoms with Gasteiger partial charge in [0.2, 0.25) is 5.91 Å². The number of unbranched alkanes of at least 4 members (excludes halogenated alkanes) is 3. The highest BCUT2D eigenvalue weighted by Crippen LogP contribution is 2.32. The maximum atomic E-state index is 12.2. The predicted octanol–water partition coefficient (Wildman–Crippen LogP) is 4.17. The highest BCUT2D eigenvalue weighted by atomic mass is 32.1. The number of thiazole rings is 1. The number of hydrogen-bond acceptors (Lipinski definition) is 4. The summed E-state index contributed by atoms with van der Waals surface area (Å²) in [6.07, 6.45) is 7.11. The zero-order valence-corrected chi connectivity index (χ0v) is 16.0. The Hall–Kier alpha value is -1.46. The van der Waals surface area contributed by atoms with Crippen LogP contribution >= 0.6 is 11.3 Å². The van der Waals surface area contributed by atoms with E-state index >= 15 is 0 Å². The number of nitrogens with one attached hydrogen (secondary N) is 1. The third-order valence-corrected chi connectivity index (χ3v) is 6.08. The Kier molecular flexibility index (Phi) is 6.82. The highest BCUT2D eigenvalue weighted by Gasteiger charge is 2.25. The minimum Gasteiger partial charge on any atom is -0.355 e. The average molecular weight is 360 g/mol. The number of carbonyl (C=O) groups is 1. The molecule has 2 aromatic rings. The second kappa shape index (κ2) is 9.30. The summed E-state index contributed by atoms with van der Waals surface area (Å²) in [7, 11) is 0. The van der Waals surface area contributed by atoms with Crippen LogP contribution < -0.4 is 5.32 Å². The summed E-state index contributed by atoms with van der Waals surface area (Å²) in [4.78, 5) is 19.3. The van der Waals surface area contributed by atoms with Gasteiger partial charge in [-0.3, -0.25) is 9.69 Å². The lowest BCUT2D eigenvalue weighted by Crippen LogP contribution is -2.42. The van der Waals surface area contributed by atoms with Crippen molar-refractivity contribution in [1.82, 2.24) is 15.2 Å². The van der Waals surface area contributed by atoms with Crippen molar-refractivity contribution >= 4 is 27.5 Å². The van der Waals surface area contributed by atoms with Crippen LogP contribution in [-0.2, 0) is 4.79 Å². The van der Waals surface area contributed by atoms with Crippen molar-refractivity contribution in [2.75, 3.05) is 26.2 Å². The van der Waals surface area contributed by atoms with Crippen LogP contribution in [0.15, 0.2) is 24.3 Å². The number of fused-ring (bicyclic) bond motifs is 1. The number of likely N-dealkylation sites (tertiary alicyclic amines) is 1. The van der Waals surface area contributed by atoms with Gasteiger partial charge in [-0.15, -0.1) is 11.3 Å². The van der Waals surface area contributed by atoms with E-state index in [4.69, 9.17) is 4.98 Å². The van der Waals surface area contributed by atoms with E-state index in [2.05, 4.69) is 35.3 Å². The molecule has 1 fully saturated rings. The monoisotopic (exact) mass is 359 g/mol. The van der Waals surface area contributed by atoms with E-state index in [9.17, 15) is 4.79 Å². The Morgan fingerprint density at radius 2 is 2.20 bits per heavy atom. The van der Waals surface area contributed by atoms with Gasteiger partial charge < -0.3 is 5.32 Å². The summed E-state index contributed by atoms with van der Waals surface area (Å²) >= 11 is 1.81. The topological polar surface area (TPSA) is 45.2 Å². The lowest BCUT2D eigenvalue weighted by Gasteiger charge is -2.31. The molecule has 4 nitrogen and oxygen atoms in total. The molecule has 5 heteroatoms. The van der Waals surface area contributed by atoms with E-state index in [0.29, 0.717) is 12.5 Å². The zero-order chi connectivity index (χ0) is 17.5. The number of hydrogen-bond donors (Lipinski definition) is 1. The van der Waals surface area contributed by atoms with Crippen molar-refractivity contribution in [2.45, 2.75) is 51.4 Å². The van der Waals surface area contributed by atoms with Gasteiger partial charge in [-0.1, -0.05) is 38.3 Å². The number of para-hydroxylation sites is 1. The van der Waals surface area contributed by atoms with Crippen LogP contribution in [0.3, 0.4) is 0 Å². The van der Waals surface area contributed by atoms with E-state index < -0.39 is 0 Å². The van der Waals surface area contributed by atoms with E-state index in [0.717, 1.165) is 38.0 Å². The van der Waals surface area contributed by atoms with Gasteiger partial charge in [0.1, 0.15) is 0 Å². The average Bonchev–Trinajstić information content (AvgIpc) is 3.06. The van der Waals surface area contributed by atoms with Crippen molar-refractivity contribution < 1.29 is 4.79 Å². The fraction of sp³-hybridized carbons (Fsp3) is 0.600. The number of benzene rings is 1. The predicted molar refractivity (Wildman–Crippen MR) is 105 cm³/mol. The molecule has 0 saturated carbocycles. The number of amides is 1. The standard InChI is InChI=1S/C20H29N3OS/c1-2-3-4-7-12-21-19(24)15-23-13-8-9-16(14-23)20-22-17-10-5-6-11-18(17)25-20/h5-6,10-11,16H,2-4,7-9,12-15H2,1H3,(H,21,24)/t16-/m1/s1. The second-order valence-electron chi connectivity index (χ2n) is 7.00. The van der Waals surface area contributed by atoms with Crippen LogP contribution in [0.25, 0.3) is 10.2 Å². The van der Waals surface area contributed by atoms with Crippen molar-refractivity contribution in [3.05, 3.63) is 29.3 Å². The van der Waals surface area contributed by atoms with Gasteiger partial charge in [-0.05, 0) is 37.9 Å². The summed E-state index contributed by atoms with van der Waals surface area (Å²) in [5.74, 6) is 0.630. The molecule has 1 aliphatic rings. The normalized spacial score (nSPS) is 18.5. The minimum atomic E-state index is 0.168. The fourth-order valence-corrected chi connectivity index (χ4v) is 4.60. The van der Waals surface area contributed by atoms with Gasteiger partial charge in [0.25, 0.3) is 0 Å². The molecule has 1 atom stereocenters. The summed E-state index contributed by atoms with van der Waals surface area (Å²) in [5, 5.41) is 4.30. The molecule has 136 valence electrons. The summed E-state index contributed by atoms with van der Waals surface area (Å²) in [6, 6.07) is 8.34. The van der Waals surface area contributed by atoms with Crippen LogP contribution in [0, 0.1) is 0 Å². The molecule has 3 rings (SSSR count). The first kappa shape index (κ1) is 18.3. The molecule has 25 heavy (non-hydrogen) atoms. The molecular weight excluding hydrogens is 330 g/mol. The van der Waals surface area contributed by atoms with Crippen LogP contribution in [0.5, 0.6) is 0 Å². The van der Waals surface area contributed by atoms with Crippen LogP contribution in [-0.4, -0.2) is 42.0 Å². The van der Waals surface area contributed by atoms with Gasteiger partial charge in [0.05, 0.1) is 21.8 Å². The maximum Gasteiger partial charge on any atom is 0.234 e. The van der Waals surface area contributed by atoms with E-state index in [1.807, 2.05) is 17.4 Å². The van der Waals surface area contributed by atoms with Crippen molar-refractivity contribution in [2.24, 2.45) is 0 Å². The Labute approximate surface area is 154 Å². The van der Waals surface area contributed by atoms with E-state index in [1.54, 1.807) is 0 Å². The molecule has 2 heterocycles. The lowest BCUT2D eigenvalue weighted by molar-refractivity contribution is -0.122. The Morgan fingerprint density at radius 3 is 3.04 bits per heavy atom. The first-order valence-corrected chi connectivity index (χ1v) is 10.4. The SMILES string of the molecule is CCCCCCNC(=O)CN1CCC[C@@H](c2nc3ccccc3s2)C1. The molecule has 0 aliphatic carbocycles. The molecule has 1 aliphatic heterocycles. The second-order valence-corrected chi connectivity index (χ2v) is 8.07. The van der Waals surface area contributed by atoms with Gasteiger partial charge >= 0.3 is 0 Å². The van der Waals surface area contributed by atoms with Crippen molar-refractivity contribution in [1.29, 1.82) is 0 Å². The number of carbonyl (C=O) groups excluding carboxylic acids is 1. The first-order chi connectivity index (χ1) is 12.3. The van der Waals surface area contributed by atoms with Crippen LogP contribution in [0.2, 0.25) is 0 Å². The lowest BCUT2D eigenvalue weighted by atomic mass is 9.99. The third-order valence-electron chi connectivity index (χ3n) is 4.88. The molecule has 1 saturated heterocycles. The minimum absolute atomic E-state index is 0.168. The fourth-order valence-electron chi connectivity index (χ4n) is 3.50. The molecule has 0 unspecified atom stereocenters. The van der Waals surface area contributed by atoms with Gasteiger partial charge in [0.15, 0.2) is 0 Å². The van der Waals surface area contributed by atoms with Crippen molar-refractivity contribution in [3.63, 3.8) is 0 Å². The Morgan fingerprint density at radius 1 is 1.32 bits per heavy atom. The zero-order valence-electron chi connectivity index (χ0n) is 15.2. The van der Waals surface area contributed by atoms with Gasteiger partial charge in [-0.2, -0.15) is 0 Å². The molecule has 0 spiro atoms. The largest absolute Gasteiger partial charge is 0.355 e. The number of aromatic nitrogens is 1. The molecule has 1 aromatic carbocycles. The Balaban J connectivity index is 1.48. The van der Waals surface area contributed by atoms with Crippen molar-refractivity contribution in [3.8, 4) is 0 Å². The number of nitrogens with zero attached hydrogens (tertiary/aromatic N) is 2.